The molecule has 1 unspecified atom stereocenters. The van der Waals surface area contributed by atoms with Crippen molar-refractivity contribution >= 4 is 10.9 Å². The fourth-order valence-corrected chi connectivity index (χ4v) is 4.68. The number of fused-ring (bicyclic) bond motifs is 3. The van der Waals surface area contributed by atoms with Gasteiger partial charge in [0.15, 0.2) is 0 Å². The molecular weight excluding hydrogens is 304 g/mol. The second-order valence-electron chi connectivity index (χ2n) is 7.36. The molecule has 25 heavy (non-hydrogen) atoms. The number of hydrogen-bond acceptors (Lipinski definition) is 2. The number of aryl methyl sites for hydroxylation is 1. The van der Waals surface area contributed by atoms with Gasteiger partial charge in [-0.15, -0.1) is 0 Å². The Hall–Kier alpha value is -2.19. The Morgan fingerprint density at radius 1 is 0.840 bits per heavy atom. The number of aromatic nitrogens is 1. The Labute approximate surface area is 149 Å². The first-order chi connectivity index (χ1) is 12.4. The van der Waals surface area contributed by atoms with Crippen molar-refractivity contribution in [3.8, 4) is 0 Å². The second-order valence-corrected chi connectivity index (χ2v) is 7.36. The summed E-state index contributed by atoms with van der Waals surface area (Å²) in [6.07, 6.45) is 7.30. The molecule has 1 aliphatic carbocycles. The predicted molar refractivity (Wildman–Crippen MR) is 103 cm³/mol. The van der Waals surface area contributed by atoms with Gasteiger partial charge in [0.25, 0.3) is 0 Å². The highest BCUT2D eigenvalue weighted by Gasteiger charge is 2.27. The Balaban J connectivity index is 1.80. The molecule has 1 atom stereocenters. The molecule has 2 aliphatic rings. The Kier molecular flexibility index (Phi) is 3.79. The third kappa shape index (κ3) is 2.56. The fraction of sp³-hybridized carbons (Fsp3) is 0.348. The smallest absolute Gasteiger partial charge is 0.0709 e. The van der Waals surface area contributed by atoms with Crippen LogP contribution in [0.1, 0.15) is 53.3 Å². The van der Waals surface area contributed by atoms with Crippen LogP contribution in [-0.2, 0) is 19.3 Å². The van der Waals surface area contributed by atoms with E-state index in [4.69, 9.17) is 4.98 Å². The van der Waals surface area contributed by atoms with E-state index in [9.17, 15) is 0 Å². The lowest BCUT2D eigenvalue weighted by atomic mass is 9.84. The van der Waals surface area contributed by atoms with Crippen molar-refractivity contribution in [3.63, 3.8) is 0 Å². The molecule has 0 spiro atoms. The van der Waals surface area contributed by atoms with E-state index in [1.807, 2.05) is 0 Å². The molecule has 0 saturated heterocycles. The van der Waals surface area contributed by atoms with E-state index in [1.165, 1.54) is 59.0 Å². The summed E-state index contributed by atoms with van der Waals surface area (Å²) < 4.78 is 0. The molecule has 3 aromatic rings. The minimum absolute atomic E-state index is 0.296. The fourth-order valence-electron chi connectivity index (χ4n) is 4.68. The molecular formula is C23H24N2. The van der Waals surface area contributed by atoms with Crippen molar-refractivity contribution in [2.75, 3.05) is 6.54 Å². The first kappa shape index (κ1) is 15.1. The van der Waals surface area contributed by atoms with Crippen LogP contribution >= 0.6 is 0 Å². The van der Waals surface area contributed by atoms with Crippen LogP contribution in [0.3, 0.4) is 0 Å². The highest BCUT2D eigenvalue weighted by molar-refractivity contribution is 5.85. The summed E-state index contributed by atoms with van der Waals surface area (Å²) in [6, 6.07) is 18.0. The van der Waals surface area contributed by atoms with Crippen LogP contribution in [0.5, 0.6) is 0 Å². The van der Waals surface area contributed by atoms with Crippen molar-refractivity contribution in [2.45, 2.75) is 44.6 Å². The number of nitrogens with one attached hydrogen (secondary N) is 1. The summed E-state index contributed by atoms with van der Waals surface area (Å²) in [7, 11) is 0. The van der Waals surface area contributed by atoms with Crippen LogP contribution in [0.25, 0.3) is 10.9 Å². The van der Waals surface area contributed by atoms with E-state index in [0.717, 1.165) is 24.9 Å². The van der Waals surface area contributed by atoms with Gasteiger partial charge in [-0.05, 0) is 60.4 Å². The maximum Gasteiger partial charge on any atom is 0.0709 e. The molecule has 2 heteroatoms. The second kappa shape index (κ2) is 6.27. The number of para-hydroxylation sites is 1. The van der Waals surface area contributed by atoms with Crippen LogP contribution < -0.4 is 5.32 Å². The van der Waals surface area contributed by atoms with Crippen LogP contribution in [-0.4, -0.2) is 11.5 Å². The molecule has 5 rings (SSSR count). The van der Waals surface area contributed by atoms with E-state index >= 15 is 0 Å². The molecule has 0 bridgehead atoms. The first-order valence-electron chi connectivity index (χ1n) is 9.63. The van der Waals surface area contributed by atoms with Gasteiger partial charge in [-0.2, -0.15) is 0 Å². The average molecular weight is 328 g/mol. The molecule has 126 valence electrons. The zero-order valence-corrected chi connectivity index (χ0v) is 14.6. The highest BCUT2D eigenvalue weighted by Crippen LogP contribution is 2.37. The zero-order valence-electron chi connectivity index (χ0n) is 14.6. The largest absolute Gasteiger partial charge is 0.306 e. The van der Waals surface area contributed by atoms with E-state index in [-0.39, 0.29) is 0 Å². The molecule has 0 fully saturated rings. The molecule has 1 N–H and O–H groups in total. The number of hydrogen-bond donors (Lipinski definition) is 1. The molecule has 1 aliphatic heterocycles. The van der Waals surface area contributed by atoms with E-state index in [1.54, 1.807) is 0 Å². The molecule has 2 aromatic carbocycles. The number of pyridine rings is 1. The molecule has 2 heterocycles. The quantitative estimate of drug-likeness (QED) is 0.653. The Morgan fingerprint density at radius 2 is 1.68 bits per heavy atom. The SMILES string of the molecule is c1ccc2c(c1)CCNC2c1c2c(nc3ccccc13)CCCCC2. The van der Waals surface area contributed by atoms with Crippen LogP contribution in [0.4, 0.5) is 0 Å². The number of benzene rings is 2. The van der Waals surface area contributed by atoms with E-state index < -0.39 is 0 Å². The molecule has 0 saturated carbocycles. The van der Waals surface area contributed by atoms with Crippen molar-refractivity contribution < 1.29 is 0 Å². The lowest BCUT2D eigenvalue weighted by molar-refractivity contribution is 0.565. The van der Waals surface area contributed by atoms with Gasteiger partial charge in [0.1, 0.15) is 0 Å². The van der Waals surface area contributed by atoms with Crippen LogP contribution in [0.2, 0.25) is 0 Å². The van der Waals surface area contributed by atoms with Crippen molar-refractivity contribution in [2.24, 2.45) is 0 Å². The normalized spacial score (nSPS) is 19.9. The van der Waals surface area contributed by atoms with Gasteiger partial charge in [-0.1, -0.05) is 48.9 Å². The highest BCUT2D eigenvalue weighted by atomic mass is 14.9. The van der Waals surface area contributed by atoms with Gasteiger partial charge in [-0.3, -0.25) is 4.98 Å². The van der Waals surface area contributed by atoms with E-state index in [2.05, 4.69) is 53.8 Å². The van der Waals surface area contributed by atoms with Crippen LogP contribution in [0.15, 0.2) is 48.5 Å². The third-order valence-electron chi connectivity index (χ3n) is 5.86. The molecule has 0 amide bonds. The maximum absolute atomic E-state index is 5.06. The Morgan fingerprint density at radius 3 is 2.68 bits per heavy atom. The number of rotatable bonds is 1. The van der Waals surface area contributed by atoms with Crippen LogP contribution in [0, 0.1) is 0 Å². The molecule has 1 aromatic heterocycles. The Bertz CT molecular complexity index is 929. The van der Waals surface area contributed by atoms with E-state index in [0.29, 0.717) is 6.04 Å². The summed E-state index contributed by atoms with van der Waals surface area (Å²) in [5, 5.41) is 5.16. The third-order valence-corrected chi connectivity index (χ3v) is 5.86. The summed E-state index contributed by atoms with van der Waals surface area (Å²) in [5.41, 5.74) is 8.46. The van der Waals surface area contributed by atoms with Gasteiger partial charge in [-0.25, -0.2) is 0 Å². The van der Waals surface area contributed by atoms with Gasteiger partial charge in [0.2, 0.25) is 0 Å². The summed E-state index contributed by atoms with van der Waals surface area (Å²) in [4.78, 5) is 5.06. The summed E-state index contributed by atoms with van der Waals surface area (Å²) >= 11 is 0. The lowest BCUT2D eigenvalue weighted by Crippen LogP contribution is -2.31. The standard InChI is InChI=1S/C23H24N2/c1-2-10-18-20(12-3-1)25-21-13-7-6-11-19(21)22(18)23-17-9-5-4-8-16(17)14-15-24-23/h4-9,11,13,23-24H,1-3,10,12,14-15H2. The monoisotopic (exact) mass is 328 g/mol. The van der Waals surface area contributed by atoms with Gasteiger partial charge < -0.3 is 5.32 Å². The van der Waals surface area contributed by atoms with Crippen molar-refractivity contribution in [1.29, 1.82) is 0 Å². The number of nitrogens with zero attached hydrogens (tertiary/aromatic N) is 1. The zero-order chi connectivity index (χ0) is 16.6. The summed E-state index contributed by atoms with van der Waals surface area (Å²) in [6.45, 7) is 1.05. The molecule has 0 radical (unpaired) electrons. The minimum Gasteiger partial charge on any atom is -0.306 e. The maximum atomic E-state index is 5.06. The van der Waals surface area contributed by atoms with Crippen molar-refractivity contribution in [3.05, 3.63) is 76.5 Å². The van der Waals surface area contributed by atoms with Crippen molar-refractivity contribution in [1.82, 2.24) is 10.3 Å². The molecule has 2 nitrogen and oxygen atoms in total. The van der Waals surface area contributed by atoms with Gasteiger partial charge in [0, 0.05) is 17.6 Å². The first-order valence-corrected chi connectivity index (χ1v) is 9.63. The van der Waals surface area contributed by atoms with Gasteiger partial charge in [0.05, 0.1) is 11.6 Å². The predicted octanol–water partition coefficient (Wildman–Crippen LogP) is 4.74. The average Bonchev–Trinajstić information content (AvgIpc) is 2.91. The minimum atomic E-state index is 0.296. The topological polar surface area (TPSA) is 24.9 Å². The lowest BCUT2D eigenvalue weighted by Gasteiger charge is -2.30. The van der Waals surface area contributed by atoms with Gasteiger partial charge >= 0.3 is 0 Å². The summed E-state index contributed by atoms with van der Waals surface area (Å²) in [5.74, 6) is 0.